The Kier molecular flexibility index (Phi) is 3.73. The number of benzene rings is 1. The maximum Gasteiger partial charge on any atom is 0.299 e. The molecule has 1 aromatic heterocycles. The van der Waals surface area contributed by atoms with Crippen LogP contribution in [0.2, 0.25) is 10.3 Å². The summed E-state index contributed by atoms with van der Waals surface area (Å²) < 4.78 is 0.598. The smallest absolute Gasteiger partial charge is 0.299 e. The molecule has 0 saturated carbocycles. The molecule has 0 radical (unpaired) electrons. The summed E-state index contributed by atoms with van der Waals surface area (Å²) in [5.74, 6) is -1.11. The van der Waals surface area contributed by atoms with Gasteiger partial charge < -0.3 is 4.90 Å². The molecule has 1 aromatic carbocycles. The Bertz CT molecular complexity index is 780. The highest BCUT2D eigenvalue weighted by Crippen LogP contribution is 2.35. The van der Waals surface area contributed by atoms with Crippen molar-refractivity contribution in [2.24, 2.45) is 0 Å². The summed E-state index contributed by atoms with van der Waals surface area (Å²) in [4.78, 5) is 29.5. The first-order valence-electron chi connectivity index (χ1n) is 5.94. The first kappa shape index (κ1) is 14.5. The molecule has 0 atom stereocenters. The Morgan fingerprint density at radius 1 is 1.14 bits per heavy atom. The molecule has 0 bridgehead atoms. The molecule has 3 rings (SSSR count). The lowest BCUT2D eigenvalue weighted by Gasteiger charge is -2.17. The third kappa shape index (κ3) is 2.46. The van der Waals surface area contributed by atoms with Crippen molar-refractivity contribution in [1.29, 1.82) is 0 Å². The quantitative estimate of drug-likeness (QED) is 0.582. The van der Waals surface area contributed by atoms with Gasteiger partial charge in [-0.2, -0.15) is 0 Å². The second-order valence-electron chi connectivity index (χ2n) is 4.44. The van der Waals surface area contributed by atoms with Crippen molar-refractivity contribution < 1.29 is 9.59 Å². The number of nitrogens with zero attached hydrogens (tertiary/aromatic N) is 2. The second kappa shape index (κ2) is 5.40. The zero-order chi connectivity index (χ0) is 15.1. The van der Waals surface area contributed by atoms with Crippen LogP contribution in [0.1, 0.15) is 15.9 Å². The number of hydrogen-bond acceptors (Lipinski definition) is 3. The maximum absolute atomic E-state index is 12.2. The Labute approximate surface area is 138 Å². The number of Topliss-reactive ketones (excluding diaryl/α,β-unsaturated/α-hetero) is 1. The Balaban J connectivity index is 2.03. The molecule has 7 heteroatoms. The third-order valence-electron chi connectivity index (χ3n) is 3.17. The van der Waals surface area contributed by atoms with E-state index in [0.29, 0.717) is 21.3 Å². The van der Waals surface area contributed by atoms with Crippen molar-refractivity contribution in [3.8, 4) is 0 Å². The highest BCUT2D eigenvalue weighted by Gasteiger charge is 2.37. The van der Waals surface area contributed by atoms with Crippen molar-refractivity contribution in [3.05, 3.63) is 56.2 Å². The topological polar surface area (TPSA) is 50.3 Å². The highest BCUT2D eigenvalue weighted by atomic mass is 79.9. The Morgan fingerprint density at radius 3 is 2.62 bits per heavy atom. The van der Waals surface area contributed by atoms with E-state index in [4.69, 9.17) is 23.2 Å². The van der Waals surface area contributed by atoms with E-state index >= 15 is 0 Å². The predicted molar refractivity (Wildman–Crippen MR) is 83.9 cm³/mol. The molecule has 0 aliphatic carbocycles. The van der Waals surface area contributed by atoms with Gasteiger partial charge in [-0.15, -0.1) is 0 Å². The Hall–Kier alpha value is -1.43. The summed E-state index contributed by atoms with van der Waals surface area (Å²) in [6.45, 7) is 0.164. The number of anilines is 1. The van der Waals surface area contributed by atoms with Crippen LogP contribution in [0.4, 0.5) is 5.69 Å². The van der Waals surface area contributed by atoms with Gasteiger partial charge in [0.1, 0.15) is 10.3 Å². The van der Waals surface area contributed by atoms with Gasteiger partial charge in [0, 0.05) is 10.0 Å². The fraction of sp³-hybridized carbons (Fsp3) is 0.0714. The number of carbonyl (C=O) groups is 2. The highest BCUT2D eigenvalue weighted by molar-refractivity contribution is 9.10. The number of aromatic nitrogens is 1. The number of amides is 1. The fourth-order valence-corrected chi connectivity index (χ4v) is 3.13. The van der Waals surface area contributed by atoms with Gasteiger partial charge in [0.25, 0.3) is 11.7 Å². The molecule has 0 unspecified atom stereocenters. The molecule has 0 spiro atoms. The second-order valence-corrected chi connectivity index (χ2v) is 6.04. The van der Waals surface area contributed by atoms with E-state index < -0.39 is 11.7 Å². The number of halogens is 3. The Morgan fingerprint density at radius 2 is 1.90 bits per heavy atom. The van der Waals surface area contributed by atoms with Crippen LogP contribution >= 0.6 is 39.1 Å². The molecule has 0 saturated heterocycles. The summed E-state index contributed by atoms with van der Waals surface area (Å²) >= 11 is 15.1. The van der Waals surface area contributed by atoms with Crippen LogP contribution in [0.15, 0.2) is 34.8 Å². The van der Waals surface area contributed by atoms with Crippen LogP contribution in [0.3, 0.4) is 0 Å². The van der Waals surface area contributed by atoms with E-state index in [0.717, 1.165) is 0 Å². The first-order chi connectivity index (χ1) is 9.99. The van der Waals surface area contributed by atoms with Gasteiger partial charge in [-0.05, 0) is 34.1 Å². The van der Waals surface area contributed by atoms with Gasteiger partial charge in [-0.25, -0.2) is 4.98 Å². The van der Waals surface area contributed by atoms with Gasteiger partial charge in [0.2, 0.25) is 0 Å². The zero-order valence-corrected chi connectivity index (χ0v) is 13.5. The minimum atomic E-state index is -0.581. The molecule has 0 N–H and O–H groups in total. The molecule has 4 nitrogen and oxygen atoms in total. The average Bonchev–Trinajstić information content (AvgIpc) is 2.68. The lowest BCUT2D eigenvalue weighted by molar-refractivity contribution is -0.114. The van der Waals surface area contributed by atoms with E-state index in [1.54, 1.807) is 30.3 Å². The van der Waals surface area contributed by atoms with Crippen molar-refractivity contribution in [2.45, 2.75) is 6.54 Å². The molecule has 2 aromatic rings. The van der Waals surface area contributed by atoms with Crippen molar-refractivity contribution in [3.63, 3.8) is 0 Å². The van der Waals surface area contributed by atoms with Crippen molar-refractivity contribution >= 4 is 56.5 Å². The molecule has 1 aliphatic heterocycles. The summed E-state index contributed by atoms with van der Waals surface area (Å²) in [6, 6.07) is 8.49. The minimum absolute atomic E-state index is 0.164. The molecule has 0 fully saturated rings. The SMILES string of the molecule is O=C1C(=O)N(Cc2ccc(Cl)nc2Cl)c2cccc(Br)c21. The number of ketones is 1. The molecule has 21 heavy (non-hydrogen) atoms. The summed E-state index contributed by atoms with van der Waals surface area (Å²) in [7, 11) is 0. The summed E-state index contributed by atoms with van der Waals surface area (Å²) in [5, 5.41) is 0.488. The standard InChI is InChI=1S/C14H7BrCl2N2O2/c15-8-2-1-3-9-11(8)12(20)14(21)19(9)6-7-4-5-10(16)18-13(7)17/h1-5H,6H2. The monoisotopic (exact) mass is 384 g/mol. The van der Waals surface area contributed by atoms with Crippen molar-refractivity contribution in [2.75, 3.05) is 4.90 Å². The van der Waals surface area contributed by atoms with Crippen LogP contribution < -0.4 is 4.90 Å². The summed E-state index contributed by atoms with van der Waals surface area (Å²) in [6.07, 6.45) is 0. The number of carbonyl (C=O) groups excluding carboxylic acids is 2. The lowest BCUT2D eigenvalue weighted by atomic mass is 10.1. The fourth-order valence-electron chi connectivity index (χ4n) is 2.19. The van der Waals surface area contributed by atoms with Gasteiger partial charge in [0.15, 0.2) is 0 Å². The van der Waals surface area contributed by atoms with E-state index in [9.17, 15) is 9.59 Å². The van der Waals surface area contributed by atoms with E-state index in [-0.39, 0.29) is 16.9 Å². The number of fused-ring (bicyclic) bond motifs is 1. The van der Waals surface area contributed by atoms with Gasteiger partial charge in [-0.1, -0.05) is 35.3 Å². The van der Waals surface area contributed by atoms with Crippen LogP contribution in [0.5, 0.6) is 0 Å². The minimum Gasteiger partial charge on any atom is -0.300 e. The van der Waals surface area contributed by atoms with E-state index in [1.807, 2.05) is 0 Å². The zero-order valence-electron chi connectivity index (χ0n) is 10.4. The number of hydrogen-bond donors (Lipinski definition) is 0. The van der Waals surface area contributed by atoms with Crippen LogP contribution in [-0.4, -0.2) is 16.7 Å². The lowest BCUT2D eigenvalue weighted by Crippen LogP contribution is -2.29. The van der Waals surface area contributed by atoms with Crippen molar-refractivity contribution in [1.82, 2.24) is 4.98 Å². The molecule has 1 aliphatic rings. The van der Waals surface area contributed by atoms with Gasteiger partial charge in [-0.3, -0.25) is 9.59 Å². The van der Waals surface area contributed by atoms with Gasteiger partial charge >= 0.3 is 0 Å². The normalized spacial score (nSPS) is 13.8. The summed E-state index contributed by atoms with van der Waals surface area (Å²) in [5.41, 5.74) is 1.56. The first-order valence-corrected chi connectivity index (χ1v) is 7.49. The maximum atomic E-state index is 12.2. The van der Waals surface area contributed by atoms with E-state index in [2.05, 4.69) is 20.9 Å². The van der Waals surface area contributed by atoms with Crippen LogP contribution in [-0.2, 0) is 11.3 Å². The third-order valence-corrected chi connectivity index (χ3v) is 4.37. The van der Waals surface area contributed by atoms with Gasteiger partial charge in [0.05, 0.1) is 17.8 Å². The molecular weight excluding hydrogens is 379 g/mol. The molecule has 2 heterocycles. The molecule has 106 valence electrons. The predicted octanol–water partition coefficient (Wildman–Crippen LogP) is 3.88. The van der Waals surface area contributed by atoms with E-state index in [1.165, 1.54) is 4.90 Å². The average molecular weight is 386 g/mol. The largest absolute Gasteiger partial charge is 0.300 e. The number of pyridine rings is 1. The molecular formula is C14H7BrCl2N2O2. The van der Waals surface area contributed by atoms with Crippen LogP contribution in [0.25, 0.3) is 0 Å². The molecule has 1 amide bonds. The number of rotatable bonds is 2. The van der Waals surface area contributed by atoms with Crippen LogP contribution in [0, 0.1) is 0 Å².